The number of fused-ring (bicyclic) bond motifs is 1. The zero-order chi connectivity index (χ0) is 10.4. The van der Waals surface area contributed by atoms with Crippen LogP contribution in [0.3, 0.4) is 0 Å². The Hall–Kier alpha value is -1.28. The van der Waals surface area contributed by atoms with Crippen molar-refractivity contribution in [1.29, 1.82) is 0 Å². The van der Waals surface area contributed by atoms with Crippen LogP contribution in [-0.2, 0) is 0 Å². The Morgan fingerprint density at radius 2 is 1.64 bits per heavy atom. The van der Waals surface area contributed by atoms with E-state index in [1.54, 1.807) is 6.26 Å². The SMILES string of the molecule is CS.O=Cc1ccc2ccccc2c1. The van der Waals surface area contributed by atoms with Crippen molar-refractivity contribution in [3.05, 3.63) is 48.0 Å². The van der Waals surface area contributed by atoms with E-state index in [0.29, 0.717) is 0 Å². The molecule has 0 N–H and O–H groups in total. The van der Waals surface area contributed by atoms with Gasteiger partial charge in [-0.2, -0.15) is 12.6 Å². The van der Waals surface area contributed by atoms with Crippen LogP contribution in [-0.4, -0.2) is 12.5 Å². The van der Waals surface area contributed by atoms with E-state index in [1.807, 2.05) is 42.5 Å². The van der Waals surface area contributed by atoms with Gasteiger partial charge in [-0.3, -0.25) is 4.79 Å². The van der Waals surface area contributed by atoms with Crippen molar-refractivity contribution >= 4 is 29.7 Å². The quantitative estimate of drug-likeness (QED) is 0.557. The van der Waals surface area contributed by atoms with Gasteiger partial charge in [0.1, 0.15) is 6.29 Å². The average molecular weight is 204 g/mol. The molecular formula is C12H12OS. The van der Waals surface area contributed by atoms with Gasteiger partial charge in [0.05, 0.1) is 0 Å². The van der Waals surface area contributed by atoms with Gasteiger partial charge >= 0.3 is 0 Å². The number of rotatable bonds is 1. The minimum absolute atomic E-state index is 0.730. The van der Waals surface area contributed by atoms with Crippen LogP contribution < -0.4 is 0 Å². The first kappa shape index (κ1) is 10.8. The zero-order valence-corrected chi connectivity index (χ0v) is 8.87. The molecule has 2 heteroatoms. The van der Waals surface area contributed by atoms with Crippen molar-refractivity contribution in [3.8, 4) is 0 Å². The van der Waals surface area contributed by atoms with Gasteiger partial charge in [-0.15, -0.1) is 0 Å². The van der Waals surface area contributed by atoms with Crippen molar-refractivity contribution in [3.63, 3.8) is 0 Å². The lowest BCUT2D eigenvalue weighted by Crippen LogP contribution is -1.78. The Morgan fingerprint density at radius 1 is 1.00 bits per heavy atom. The Kier molecular flexibility index (Phi) is 4.20. The topological polar surface area (TPSA) is 17.1 Å². The lowest BCUT2D eigenvalue weighted by Gasteiger charge is -1.96. The third kappa shape index (κ3) is 2.36. The van der Waals surface area contributed by atoms with Gasteiger partial charge in [0.2, 0.25) is 0 Å². The van der Waals surface area contributed by atoms with E-state index < -0.39 is 0 Å². The number of carbonyl (C=O) groups excluding carboxylic acids is 1. The summed E-state index contributed by atoms with van der Waals surface area (Å²) in [6.07, 6.45) is 2.56. The Labute approximate surface area is 89.2 Å². The van der Waals surface area contributed by atoms with Gasteiger partial charge in [0, 0.05) is 5.56 Å². The average Bonchev–Trinajstić information content (AvgIpc) is 2.31. The Bertz CT molecular complexity index is 423. The molecule has 0 aliphatic heterocycles. The molecule has 0 unspecified atom stereocenters. The summed E-state index contributed by atoms with van der Waals surface area (Å²) in [5, 5.41) is 2.28. The first-order chi connectivity index (χ1) is 6.90. The third-order valence-electron chi connectivity index (χ3n) is 1.91. The molecule has 1 nitrogen and oxygen atoms in total. The Balaban J connectivity index is 0.000000461. The van der Waals surface area contributed by atoms with Crippen molar-refractivity contribution < 1.29 is 4.79 Å². The minimum atomic E-state index is 0.730. The predicted octanol–water partition coefficient (Wildman–Crippen LogP) is 3.20. The molecule has 0 heterocycles. The van der Waals surface area contributed by atoms with Crippen LogP contribution in [0, 0.1) is 0 Å². The van der Waals surface area contributed by atoms with E-state index in [2.05, 4.69) is 12.6 Å². The molecule has 14 heavy (non-hydrogen) atoms. The number of aldehydes is 1. The number of thiol groups is 1. The third-order valence-corrected chi connectivity index (χ3v) is 1.91. The fourth-order valence-electron chi connectivity index (χ4n) is 1.28. The maximum Gasteiger partial charge on any atom is 0.150 e. The second kappa shape index (κ2) is 5.45. The molecule has 0 saturated carbocycles. The van der Waals surface area contributed by atoms with Crippen LogP contribution in [0.15, 0.2) is 42.5 Å². The highest BCUT2D eigenvalue weighted by Crippen LogP contribution is 2.14. The van der Waals surface area contributed by atoms with Crippen LogP contribution in [0.1, 0.15) is 10.4 Å². The molecule has 0 radical (unpaired) electrons. The molecule has 0 saturated heterocycles. The molecule has 0 fully saturated rings. The van der Waals surface area contributed by atoms with Gasteiger partial charge < -0.3 is 0 Å². The molecule has 2 rings (SSSR count). The van der Waals surface area contributed by atoms with Crippen molar-refractivity contribution in [2.45, 2.75) is 0 Å². The molecule has 0 aliphatic carbocycles. The van der Waals surface area contributed by atoms with Crippen LogP contribution in [0.2, 0.25) is 0 Å². The summed E-state index contributed by atoms with van der Waals surface area (Å²) in [7, 11) is 0. The van der Waals surface area contributed by atoms with E-state index in [0.717, 1.165) is 17.2 Å². The van der Waals surface area contributed by atoms with Gasteiger partial charge in [-0.05, 0) is 23.1 Å². The molecule has 0 bridgehead atoms. The smallest absolute Gasteiger partial charge is 0.150 e. The molecule has 0 spiro atoms. The summed E-state index contributed by atoms with van der Waals surface area (Å²) in [6, 6.07) is 13.7. The summed E-state index contributed by atoms with van der Waals surface area (Å²) in [5.41, 5.74) is 0.730. The number of hydrogen-bond acceptors (Lipinski definition) is 2. The van der Waals surface area contributed by atoms with Gasteiger partial charge in [0.25, 0.3) is 0 Å². The minimum Gasteiger partial charge on any atom is -0.298 e. The number of carbonyl (C=O) groups is 1. The van der Waals surface area contributed by atoms with Gasteiger partial charge in [-0.1, -0.05) is 36.4 Å². The summed E-state index contributed by atoms with van der Waals surface area (Å²) in [4.78, 5) is 10.5. The van der Waals surface area contributed by atoms with Crippen molar-refractivity contribution in [2.24, 2.45) is 0 Å². The summed E-state index contributed by atoms with van der Waals surface area (Å²) in [5.74, 6) is 0. The van der Waals surface area contributed by atoms with E-state index >= 15 is 0 Å². The van der Waals surface area contributed by atoms with Crippen molar-refractivity contribution in [1.82, 2.24) is 0 Å². The highest BCUT2D eigenvalue weighted by atomic mass is 32.1. The normalized spacial score (nSPS) is 9.00. The van der Waals surface area contributed by atoms with E-state index in [4.69, 9.17) is 0 Å². The maximum atomic E-state index is 10.5. The van der Waals surface area contributed by atoms with Crippen LogP contribution in [0.4, 0.5) is 0 Å². The van der Waals surface area contributed by atoms with E-state index in [-0.39, 0.29) is 0 Å². The lowest BCUT2D eigenvalue weighted by atomic mass is 10.1. The first-order valence-corrected chi connectivity index (χ1v) is 5.18. The number of benzene rings is 2. The van der Waals surface area contributed by atoms with Crippen LogP contribution in [0.25, 0.3) is 10.8 Å². The zero-order valence-electron chi connectivity index (χ0n) is 7.97. The highest BCUT2D eigenvalue weighted by Gasteiger charge is 1.92. The fourth-order valence-corrected chi connectivity index (χ4v) is 1.28. The largest absolute Gasteiger partial charge is 0.298 e. The Morgan fingerprint density at radius 3 is 2.29 bits per heavy atom. The monoisotopic (exact) mass is 204 g/mol. The lowest BCUT2D eigenvalue weighted by molar-refractivity contribution is 0.112. The second-order valence-corrected chi connectivity index (χ2v) is 2.72. The summed E-state index contributed by atoms with van der Waals surface area (Å²) < 4.78 is 0. The highest BCUT2D eigenvalue weighted by molar-refractivity contribution is 7.79. The molecule has 0 aromatic heterocycles. The molecule has 2 aromatic rings. The van der Waals surface area contributed by atoms with Gasteiger partial charge in [-0.25, -0.2) is 0 Å². The van der Waals surface area contributed by atoms with E-state index in [1.165, 1.54) is 5.39 Å². The molecule has 2 aromatic carbocycles. The summed E-state index contributed by atoms with van der Waals surface area (Å²) >= 11 is 3.53. The van der Waals surface area contributed by atoms with Crippen LogP contribution in [0.5, 0.6) is 0 Å². The van der Waals surface area contributed by atoms with Crippen molar-refractivity contribution in [2.75, 3.05) is 6.26 Å². The number of hydrogen-bond donors (Lipinski definition) is 1. The molecular weight excluding hydrogens is 192 g/mol. The molecule has 72 valence electrons. The first-order valence-electron chi connectivity index (χ1n) is 4.29. The fraction of sp³-hybridized carbons (Fsp3) is 0.0833. The van der Waals surface area contributed by atoms with E-state index in [9.17, 15) is 4.79 Å². The second-order valence-electron chi connectivity index (χ2n) is 2.72. The predicted molar refractivity (Wildman–Crippen MR) is 64.2 cm³/mol. The van der Waals surface area contributed by atoms with Gasteiger partial charge in [0.15, 0.2) is 0 Å². The molecule has 0 atom stereocenters. The molecule has 0 aliphatic rings. The van der Waals surface area contributed by atoms with Crippen LogP contribution >= 0.6 is 12.6 Å². The maximum absolute atomic E-state index is 10.5. The standard InChI is InChI=1S/C11H8O.CH4S/c12-8-9-5-6-10-3-1-2-4-11(10)7-9;1-2/h1-8H;2H,1H3. The molecule has 0 amide bonds. The summed E-state index contributed by atoms with van der Waals surface area (Å²) in [6.45, 7) is 0.